The molecule has 2 aromatic carbocycles. The molecular weight excluding hydrogens is 418 g/mol. The predicted molar refractivity (Wildman–Crippen MR) is 130 cm³/mol. The molecule has 2 heterocycles. The number of hydrogen-bond acceptors (Lipinski definition) is 5. The van der Waals surface area contributed by atoms with E-state index in [1.807, 2.05) is 12.1 Å². The summed E-state index contributed by atoms with van der Waals surface area (Å²) < 4.78 is 5.29. The Labute approximate surface area is 191 Å². The van der Waals surface area contributed by atoms with Crippen LogP contribution in [0.25, 0.3) is 21.3 Å². The van der Waals surface area contributed by atoms with Crippen molar-refractivity contribution < 1.29 is 4.74 Å². The largest absolute Gasteiger partial charge is 0.497 e. The number of ether oxygens (including phenoxy) is 1. The number of rotatable bonds is 7. The minimum absolute atomic E-state index is 0.0702. The van der Waals surface area contributed by atoms with E-state index >= 15 is 0 Å². The van der Waals surface area contributed by atoms with E-state index in [2.05, 4.69) is 60.5 Å². The van der Waals surface area contributed by atoms with Crippen molar-refractivity contribution in [2.45, 2.75) is 39.3 Å². The average molecular weight is 446 g/mol. The first kappa shape index (κ1) is 20.9. The van der Waals surface area contributed by atoms with Crippen molar-refractivity contribution in [3.05, 3.63) is 80.7 Å². The van der Waals surface area contributed by atoms with Crippen molar-refractivity contribution in [2.24, 2.45) is 5.92 Å². The molecule has 2 aromatic heterocycles. The molecule has 1 aliphatic rings. The summed E-state index contributed by atoms with van der Waals surface area (Å²) in [7, 11) is 1.68. The van der Waals surface area contributed by atoms with Crippen molar-refractivity contribution >= 4 is 21.6 Å². The summed E-state index contributed by atoms with van der Waals surface area (Å²) in [6.07, 6.45) is 2.44. The first-order valence-corrected chi connectivity index (χ1v) is 11.8. The van der Waals surface area contributed by atoms with Gasteiger partial charge in [-0.3, -0.25) is 4.79 Å². The molecule has 0 radical (unpaired) electrons. The number of aromatic nitrogens is 2. The zero-order valence-electron chi connectivity index (χ0n) is 18.6. The van der Waals surface area contributed by atoms with Crippen LogP contribution in [0.5, 0.6) is 5.75 Å². The zero-order chi connectivity index (χ0) is 22.2. The molecule has 1 aliphatic carbocycles. The van der Waals surface area contributed by atoms with Gasteiger partial charge in [-0.15, -0.1) is 11.3 Å². The van der Waals surface area contributed by atoms with Gasteiger partial charge >= 0.3 is 0 Å². The van der Waals surface area contributed by atoms with Gasteiger partial charge < -0.3 is 15.0 Å². The number of aromatic amines is 1. The van der Waals surface area contributed by atoms with E-state index in [9.17, 15) is 4.79 Å². The summed E-state index contributed by atoms with van der Waals surface area (Å²) in [6.45, 7) is 4.65. The average Bonchev–Trinajstić information content (AvgIpc) is 3.57. The van der Waals surface area contributed by atoms with Crippen LogP contribution in [0.3, 0.4) is 0 Å². The number of nitrogens with one attached hydrogen (secondary N) is 2. The van der Waals surface area contributed by atoms with Gasteiger partial charge in [0.05, 0.1) is 19.0 Å². The lowest BCUT2D eigenvalue weighted by Crippen LogP contribution is -2.25. The Balaban J connectivity index is 1.42. The summed E-state index contributed by atoms with van der Waals surface area (Å²) >= 11 is 1.59. The summed E-state index contributed by atoms with van der Waals surface area (Å²) in [5.74, 6) is 2.16. The number of aryl methyl sites for hydroxylation is 2. The summed E-state index contributed by atoms with van der Waals surface area (Å²) in [6, 6.07) is 16.8. The van der Waals surface area contributed by atoms with E-state index in [0.717, 1.165) is 26.6 Å². The first-order valence-electron chi connectivity index (χ1n) is 11.0. The van der Waals surface area contributed by atoms with Crippen molar-refractivity contribution in [1.82, 2.24) is 15.3 Å². The number of H-pyrrole nitrogens is 1. The van der Waals surface area contributed by atoms with Crippen molar-refractivity contribution in [2.75, 3.05) is 7.11 Å². The Morgan fingerprint density at radius 1 is 1.12 bits per heavy atom. The highest BCUT2D eigenvalue weighted by Gasteiger charge is 2.32. The predicted octanol–water partition coefficient (Wildman–Crippen LogP) is 5.52. The van der Waals surface area contributed by atoms with E-state index in [0.29, 0.717) is 23.7 Å². The maximum atomic E-state index is 13.1. The van der Waals surface area contributed by atoms with Crippen LogP contribution in [0.1, 0.15) is 40.7 Å². The Hall–Kier alpha value is -2.96. The van der Waals surface area contributed by atoms with Crippen LogP contribution in [0, 0.1) is 19.8 Å². The second-order valence-corrected chi connectivity index (χ2v) is 9.76. The van der Waals surface area contributed by atoms with Crippen molar-refractivity contribution in [3.8, 4) is 16.9 Å². The third kappa shape index (κ3) is 4.08. The molecule has 0 spiro atoms. The molecule has 5 nitrogen and oxygen atoms in total. The zero-order valence-corrected chi connectivity index (χ0v) is 19.4. The highest BCUT2D eigenvalue weighted by molar-refractivity contribution is 7.19. The second-order valence-electron chi connectivity index (χ2n) is 8.56. The van der Waals surface area contributed by atoms with Crippen molar-refractivity contribution in [1.29, 1.82) is 0 Å². The van der Waals surface area contributed by atoms with Gasteiger partial charge in [-0.2, -0.15) is 0 Å². The van der Waals surface area contributed by atoms with Gasteiger partial charge in [0.1, 0.15) is 16.4 Å². The molecular formula is C26H27N3O2S. The van der Waals surface area contributed by atoms with Crippen LogP contribution in [-0.4, -0.2) is 17.1 Å². The minimum atomic E-state index is -0.0702. The van der Waals surface area contributed by atoms with Gasteiger partial charge in [0.2, 0.25) is 0 Å². The van der Waals surface area contributed by atoms with Crippen LogP contribution >= 0.6 is 11.3 Å². The fourth-order valence-corrected chi connectivity index (χ4v) is 5.38. The monoisotopic (exact) mass is 445 g/mol. The Morgan fingerprint density at radius 2 is 1.84 bits per heavy atom. The molecule has 0 aliphatic heterocycles. The molecule has 32 heavy (non-hydrogen) atoms. The molecule has 0 amide bonds. The van der Waals surface area contributed by atoms with Crippen LogP contribution in [0.2, 0.25) is 0 Å². The third-order valence-corrected chi connectivity index (χ3v) is 7.18. The van der Waals surface area contributed by atoms with Crippen LogP contribution in [0.4, 0.5) is 0 Å². The molecule has 1 atom stereocenters. The van der Waals surface area contributed by atoms with E-state index in [1.165, 1.54) is 24.0 Å². The Morgan fingerprint density at radius 3 is 2.50 bits per heavy atom. The van der Waals surface area contributed by atoms with Gasteiger partial charge in [0.15, 0.2) is 0 Å². The quantitative estimate of drug-likeness (QED) is 0.393. The maximum absolute atomic E-state index is 13.1. The summed E-state index contributed by atoms with van der Waals surface area (Å²) in [5, 5.41) is 4.32. The third-order valence-electron chi connectivity index (χ3n) is 6.19. The van der Waals surface area contributed by atoms with Gasteiger partial charge in [-0.1, -0.05) is 42.0 Å². The molecule has 4 aromatic rings. The minimum Gasteiger partial charge on any atom is -0.497 e. The molecule has 164 valence electrons. The highest BCUT2D eigenvalue weighted by atomic mass is 32.1. The van der Waals surface area contributed by atoms with Crippen LogP contribution in [0.15, 0.2) is 53.3 Å². The molecule has 6 heteroatoms. The SMILES string of the molecule is COc1ccc(C(NCc2nc3sc(C)c(-c4ccc(C)cc4)c3c(=O)[nH]2)C2CC2)cc1. The number of fused-ring (bicyclic) bond motifs is 1. The normalized spacial score (nSPS) is 14.6. The van der Waals surface area contributed by atoms with Crippen molar-refractivity contribution in [3.63, 3.8) is 0 Å². The number of nitrogens with zero attached hydrogens (tertiary/aromatic N) is 1. The lowest BCUT2D eigenvalue weighted by atomic mass is 10.0. The molecule has 5 rings (SSSR count). The summed E-state index contributed by atoms with van der Waals surface area (Å²) in [5.41, 5.74) is 4.43. The van der Waals surface area contributed by atoms with E-state index in [4.69, 9.17) is 9.72 Å². The fourth-order valence-electron chi connectivity index (χ4n) is 4.32. The van der Waals surface area contributed by atoms with E-state index in [1.54, 1.807) is 18.4 Å². The number of hydrogen-bond donors (Lipinski definition) is 2. The standard InChI is InChI=1S/C26H27N3O2S/c1-15-4-6-17(7-5-15)22-16(2)32-26-23(22)25(30)28-21(29-26)14-27-24(18-8-9-18)19-10-12-20(31-3)13-11-19/h4-7,10-13,18,24,27H,8-9,14H2,1-3H3,(H,28,29,30). The van der Waals surface area contributed by atoms with E-state index < -0.39 is 0 Å². The second kappa shape index (κ2) is 8.52. The number of methoxy groups -OCH3 is 1. The Bertz CT molecular complexity index is 1300. The van der Waals surface area contributed by atoms with Gasteiger partial charge in [0, 0.05) is 16.5 Å². The maximum Gasteiger partial charge on any atom is 0.260 e. The molecule has 1 saturated carbocycles. The number of benzene rings is 2. The van der Waals surface area contributed by atoms with Gasteiger partial charge in [0.25, 0.3) is 5.56 Å². The lowest BCUT2D eigenvalue weighted by molar-refractivity contribution is 0.413. The molecule has 1 unspecified atom stereocenters. The topological polar surface area (TPSA) is 67.0 Å². The van der Waals surface area contributed by atoms with Gasteiger partial charge in [-0.05, 0) is 55.9 Å². The molecule has 1 fully saturated rings. The first-order chi connectivity index (χ1) is 15.5. The Kier molecular flexibility index (Phi) is 5.57. The molecule has 2 N–H and O–H groups in total. The molecule has 0 saturated heterocycles. The van der Waals surface area contributed by atoms with Crippen LogP contribution in [-0.2, 0) is 6.54 Å². The fraction of sp³-hybridized carbons (Fsp3) is 0.308. The van der Waals surface area contributed by atoms with E-state index in [-0.39, 0.29) is 11.6 Å². The smallest absolute Gasteiger partial charge is 0.260 e. The highest BCUT2D eigenvalue weighted by Crippen LogP contribution is 2.41. The summed E-state index contributed by atoms with van der Waals surface area (Å²) in [4.78, 5) is 22.8. The number of thiophene rings is 1. The van der Waals surface area contributed by atoms with Crippen LogP contribution < -0.4 is 15.6 Å². The lowest BCUT2D eigenvalue weighted by Gasteiger charge is -2.19. The van der Waals surface area contributed by atoms with Gasteiger partial charge in [-0.25, -0.2) is 4.98 Å². The molecule has 0 bridgehead atoms.